The van der Waals surface area contributed by atoms with Crippen LogP contribution < -0.4 is 5.73 Å². The Kier molecular flexibility index (Phi) is 8.78. The van der Waals surface area contributed by atoms with Crippen molar-refractivity contribution in [3.05, 3.63) is 24.5 Å². The van der Waals surface area contributed by atoms with E-state index < -0.39 is 0 Å². The van der Waals surface area contributed by atoms with E-state index in [1.165, 1.54) is 19.3 Å². The van der Waals surface area contributed by atoms with E-state index in [1.54, 1.807) is 24.5 Å². The third-order valence-electron chi connectivity index (χ3n) is 1.42. The molecule has 13 heavy (non-hydrogen) atoms. The first-order chi connectivity index (χ1) is 6.31. The van der Waals surface area contributed by atoms with E-state index in [-0.39, 0.29) is 0 Å². The summed E-state index contributed by atoms with van der Waals surface area (Å²) in [6.07, 6.45) is 7.03. The minimum Gasteiger partial charge on any atom is -0.397 e. The number of aromatic nitrogens is 1. The highest BCUT2D eigenvalue weighted by atomic mass is 35.5. The fourth-order valence-corrected chi connectivity index (χ4v) is 0.909. The van der Waals surface area contributed by atoms with Gasteiger partial charge in [0.2, 0.25) is 0 Å². The van der Waals surface area contributed by atoms with Crippen LogP contribution in [0.25, 0.3) is 0 Å². The number of alkyl halides is 1. The molecule has 74 valence electrons. The Morgan fingerprint density at radius 1 is 1.46 bits per heavy atom. The van der Waals surface area contributed by atoms with Gasteiger partial charge in [0.25, 0.3) is 0 Å². The monoisotopic (exact) mass is 200 g/mol. The summed E-state index contributed by atoms with van der Waals surface area (Å²) in [6.45, 7) is 2.17. The van der Waals surface area contributed by atoms with Crippen molar-refractivity contribution in [1.82, 2.24) is 4.98 Å². The molecule has 2 N–H and O–H groups in total. The van der Waals surface area contributed by atoms with Crippen molar-refractivity contribution in [2.75, 3.05) is 11.6 Å². The van der Waals surface area contributed by atoms with Crippen molar-refractivity contribution in [2.45, 2.75) is 26.2 Å². The molecule has 1 aromatic rings. The molecule has 0 atom stereocenters. The third-order valence-corrected chi connectivity index (χ3v) is 1.69. The minimum atomic E-state index is 0.711. The van der Waals surface area contributed by atoms with Crippen LogP contribution in [0, 0.1) is 0 Å². The smallest absolute Gasteiger partial charge is 0.0500 e. The van der Waals surface area contributed by atoms with Crippen LogP contribution in [-0.2, 0) is 0 Å². The highest BCUT2D eigenvalue weighted by Gasteiger charge is 1.77. The molecule has 0 aliphatic rings. The van der Waals surface area contributed by atoms with Crippen LogP contribution in [0.2, 0.25) is 0 Å². The second-order valence-electron chi connectivity index (χ2n) is 2.68. The van der Waals surface area contributed by atoms with Crippen LogP contribution in [0.4, 0.5) is 5.69 Å². The predicted octanol–water partition coefficient (Wildman–Crippen LogP) is 3.08. The summed E-state index contributed by atoms with van der Waals surface area (Å²) in [6, 6.07) is 3.60. The van der Waals surface area contributed by atoms with Crippen molar-refractivity contribution in [3.8, 4) is 0 Å². The molecule has 0 fully saturated rings. The summed E-state index contributed by atoms with van der Waals surface area (Å²) in [7, 11) is 0. The summed E-state index contributed by atoms with van der Waals surface area (Å²) in [5.74, 6) is 0.827. The number of hydrogen-bond donors (Lipinski definition) is 1. The maximum absolute atomic E-state index is 5.38. The van der Waals surface area contributed by atoms with E-state index in [0.29, 0.717) is 5.69 Å². The topological polar surface area (TPSA) is 38.9 Å². The first-order valence-electron chi connectivity index (χ1n) is 4.52. The van der Waals surface area contributed by atoms with Crippen LogP contribution in [-0.4, -0.2) is 10.9 Å². The average Bonchev–Trinajstić information content (AvgIpc) is 2.17. The van der Waals surface area contributed by atoms with Crippen LogP contribution in [0.15, 0.2) is 24.5 Å². The number of rotatable bonds is 3. The summed E-state index contributed by atoms with van der Waals surface area (Å²) in [5.41, 5.74) is 6.01. The third kappa shape index (κ3) is 9.15. The number of halogens is 1. The predicted molar refractivity (Wildman–Crippen MR) is 58.9 cm³/mol. The highest BCUT2D eigenvalue weighted by molar-refractivity contribution is 6.17. The van der Waals surface area contributed by atoms with Crippen LogP contribution in [0.3, 0.4) is 0 Å². The molecule has 0 radical (unpaired) electrons. The lowest BCUT2D eigenvalue weighted by molar-refractivity contribution is 0.776. The number of nitrogens with two attached hydrogens (primary N) is 1. The molecule has 2 nitrogen and oxygen atoms in total. The van der Waals surface area contributed by atoms with Gasteiger partial charge in [0, 0.05) is 18.3 Å². The molecule has 1 heterocycles. The Labute approximate surface area is 85.1 Å². The molecule has 0 aliphatic carbocycles. The van der Waals surface area contributed by atoms with Gasteiger partial charge in [-0.2, -0.15) is 0 Å². The highest BCUT2D eigenvalue weighted by Crippen LogP contribution is 1.93. The zero-order valence-electron chi connectivity index (χ0n) is 8.04. The van der Waals surface area contributed by atoms with Gasteiger partial charge in [0.05, 0.1) is 5.69 Å². The molecular weight excluding hydrogens is 184 g/mol. The molecule has 0 amide bonds. The van der Waals surface area contributed by atoms with Crippen molar-refractivity contribution in [3.63, 3.8) is 0 Å². The largest absolute Gasteiger partial charge is 0.397 e. The van der Waals surface area contributed by atoms with Crippen molar-refractivity contribution in [2.24, 2.45) is 0 Å². The normalized spacial score (nSPS) is 8.77. The first-order valence-corrected chi connectivity index (χ1v) is 5.06. The second-order valence-corrected chi connectivity index (χ2v) is 3.06. The lowest BCUT2D eigenvalue weighted by Gasteiger charge is -1.84. The molecule has 0 bridgehead atoms. The van der Waals surface area contributed by atoms with Crippen LogP contribution in [0.1, 0.15) is 26.2 Å². The van der Waals surface area contributed by atoms with Gasteiger partial charge >= 0.3 is 0 Å². The SMILES string of the molecule is CCCCCCl.Nc1cccnc1. The molecule has 1 aromatic heterocycles. The summed E-state index contributed by atoms with van der Waals surface area (Å²) in [4.78, 5) is 3.76. The minimum absolute atomic E-state index is 0.711. The van der Waals surface area contributed by atoms with Gasteiger partial charge < -0.3 is 5.73 Å². The van der Waals surface area contributed by atoms with Crippen LogP contribution in [0.5, 0.6) is 0 Å². The van der Waals surface area contributed by atoms with E-state index in [2.05, 4.69) is 11.9 Å². The number of hydrogen-bond acceptors (Lipinski definition) is 2. The molecule has 0 aromatic carbocycles. The van der Waals surface area contributed by atoms with Gasteiger partial charge in [-0.25, -0.2) is 0 Å². The summed E-state index contributed by atoms with van der Waals surface area (Å²) < 4.78 is 0. The summed E-state index contributed by atoms with van der Waals surface area (Å²) >= 11 is 5.38. The number of nitrogens with zero attached hydrogens (tertiary/aromatic N) is 1. The Hall–Kier alpha value is -0.760. The fourth-order valence-electron chi connectivity index (χ4n) is 0.720. The molecule has 0 unspecified atom stereocenters. The standard InChI is InChI=1S/C5H11Cl.C5H6N2/c1-2-3-4-5-6;6-5-2-1-3-7-4-5/h2-5H2,1H3;1-4H,6H2. The van der Waals surface area contributed by atoms with Gasteiger partial charge in [-0.1, -0.05) is 19.8 Å². The molecule has 0 aliphatic heterocycles. The zero-order valence-corrected chi connectivity index (χ0v) is 8.80. The molecule has 0 saturated heterocycles. The quantitative estimate of drug-likeness (QED) is 0.602. The molecule has 0 saturated carbocycles. The zero-order chi connectivity index (χ0) is 9.94. The van der Waals surface area contributed by atoms with E-state index in [4.69, 9.17) is 17.3 Å². The van der Waals surface area contributed by atoms with Crippen LogP contribution >= 0.6 is 11.6 Å². The first kappa shape index (κ1) is 12.2. The lowest BCUT2D eigenvalue weighted by Crippen LogP contribution is -1.82. The number of unbranched alkanes of at least 4 members (excludes halogenated alkanes) is 2. The van der Waals surface area contributed by atoms with Crippen molar-refractivity contribution >= 4 is 17.3 Å². The summed E-state index contributed by atoms with van der Waals surface area (Å²) in [5, 5.41) is 0. The van der Waals surface area contributed by atoms with E-state index >= 15 is 0 Å². The van der Waals surface area contributed by atoms with Gasteiger partial charge in [-0.05, 0) is 18.6 Å². The number of pyridine rings is 1. The van der Waals surface area contributed by atoms with E-state index in [0.717, 1.165) is 5.88 Å². The maximum Gasteiger partial charge on any atom is 0.0500 e. The van der Waals surface area contributed by atoms with Gasteiger partial charge in [0.15, 0.2) is 0 Å². The maximum atomic E-state index is 5.38. The average molecular weight is 201 g/mol. The molecular formula is C10H17ClN2. The van der Waals surface area contributed by atoms with Gasteiger partial charge in [-0.3, -0.25) is 4.98 Å². The van der Waals surface area contributed by atoms with Gasteiger partial charge in [-0.15, -0.1) is 11.6 Å². The van der Waals surface area contributed by atoms with Gasteiger partial charge in [0.1, 0.15) is 0 Å². The number of anilines is 1. The van der Waals surface area contributed by atoms with Crippen molar-refractivity contribution in [1.29, 1.82) is 0 Å². The molecule has 1 rings (SSSR count). The Morgan fingerprint density at radius 3 is 2.46 bits per heavy atom. The molecule has 3 heteroatoms. The molecule has 0 spiro atoms. The lowest BCUT2D eigenvalue weighted by atomic mass is 10.3. The Bertz CT molecular complexity index is 185. The fraction of sp³-hybridized carbons (Fsp3) is 0.500. The Balaban J connectivity index is 0.000000226. The second kappa shape index (κ2) is 9.33. The Morgan fingerprint density at radius 2 is 2.23 bits per heavy atom. The van der Waals surface area contributed by atoms with E-state index in [1.807, 2.05) is 0 Å². The number of nitrogen functional groups attached to an aromatic ring is 1. The van der Waals surface area contributed by atoms with E-state index in [9.17, 15) is 0 Å². The van der Waals surface area contributed by atoms with Crippen molar-refractivity contribution < 1.29 is 0 Å².